The van der Waals surface area contributed by atoms with Gasteiger partial charge in [-0.2, -0.15) is 0 Å². The molecule has 0 aliphatic heterocycles. The van der Waals surface area contributed by atoms with Gasteiger partial charge in [0, 0.05) is 5.39 Å². The van der Waals surface area contributed by atoms with Crippen LogP contribution >= 0.6 is 15.9 Å². The number of fused-ring (bicyclic) bond motifs is 1. The molecule has 0 radical (unpaired) electrons. The number of aromatic nitrogens is 2. The molecule has 0 atom stereocenters. The van der Waals surface area contributed by atoms with Crippen molar-refractivity contribution in [3.05, 3.63) is 28.6 Å². The van der Waals surface area contributed by atoms with Crippen LogP contribution in [-0.2, 0) is 0 Å². The van der Waals surface area contributed by atoms with Crippen LogP contribution in [0.1, 0.15) is 25.5 Å². The minimum atomic E-state index is 0.246. The molecule has 78 valence electrons. The summed E-state index contributed by atoms with van der Waals surface area (Å²) in [5, 5.41) is 10.3. The third-order valence-electron chi connectivity index (χ3n) is 2.23. The quantitative estimate of drug-likeness (QED) is 0.807. The molecular weight excluding hydrogens is 256 g/mol. The smallest absolute Gasteiger partial charge is 0.197 e. The van der Waals surface area contributed by atoms with Gasteiger partial charge in [-0.25, -0.2) is 9.97 Å². The average molecular weight is 267 g/mol. The second kappa shape index (κ2) is 3.77. The van der Waals surface area contributed by atoms with Gasteiger partial charge in [0.25, 0.3) is 0 Å². The molecule has 0 bridgehead atoms. The number of halogens is 1. The molecule has 15 heavy (non-hydrogen) atoms. The van der Waals surface area contributed by atoms with Crippen molar-refractivity contribution >= 4 is 26.8 Å². The van der Waals surface area contributed by atoms with E-state index in [1.807, 2.05) is 0 Å². The summed E-state index contributed by atoms with van der Waals surface area (Å²) < 4.78 is 0.587. The van der Waals surface area contributed by atoms with Gasteiger partial charge in [0.2, 0.25) is 0 Å². The molecule has 1 N–H and O–H groups in total. The van der Waals surface area contributed by atoms with Crippen molar-refractivity contribution in [1.29, 1.82) is 0 Å². The molecule has 0 saturated carbocycles. The highest BCUT2D eigenvalue weighted by Gasteiger charge is 2.10. The minimum Gasteiger partial charge on any atom is -0.508 e. The fourth-order valence-electron chi connectivity index (χ4n) is 1.55. The number of phenols is 1. The molecule has 0 spiro atoms. The van der Waals surface area contributed by atoms with Crippen molar-refractivity contribution in [3.63, 3.8) is 0 Å². The summed E-state index contributed by atoms with van der Waals surface area (Å²) in [6, 6.07) is 5.13. The number of hydrogen-bond acceptors (Lipinski definition) is 3. The Morgan fingerprint density at radius 3 is 2.67 bits per heavy atom. The van der Waals surface area contributed by atoms with Crippen LogP contribution in [0.5, 0.6) is 5.75 Å². The fraction of sp³-hybridized carbons (Fsp3) is 0.273. The molecule has 0 saturated heterocycles. The third kappa shape index (κ3) is 1.95. The van der Waals surface area contributed by atoms with Gasteiger partial charge in [0.1, 0.15) is 5.75 Å². The maximum absolute atomic E-state index is 9.44. The van der Waals surface area contributed by atoms with Gasteiger partial charge in [0.15, 0.2) is 4.73 Å². The van der Waals surface area contributed by atoms with E-state index in [1.54, 1.807) is 18.2 Å². The van der Waals surface area contributed by atoms with Gasteiger partial charge >= 0.3 is 0 Å². The summed E-state index contributed by atoms with van der Waals surface area (Å²) in [4.78, 5) is 8.59. The standard InChI is InChI=1S/C11H11BrN2O/c1-6(2)10-8-5-7(15)3-4-9(8)13-11(12)14-10/h3-6,15H,1-2H3. The molecule has 0 amide bonds. The zero-order valence-electron chi connectivity index (χ0n) is 8.53. The second-order valence-electron chi connectivity index (χ2n) is 3.73. The number of nitrogens with zero attached hydrogens (tertiary/aromatic N) is 2. The monoisotopic (exact) mass is 266 g/mol. The molecule has 0 aliphatic rings. The molecule has 4 heteroatoms. The maximum atomic E-state index is 9.44. The van der Waals surface area contributed by atoms with E-state index in [2.05, 4.69) is 39.7 Å². The summed E-state index contributed by atoms with van der Waals surface area (Å²) in [6.45, 7) is 4.14. The summed E-state index contributed by atoms with van der Waals surface area (Å²) in [5.74, 6) is 0.545. The summed E-state index contributed by atoms with van der Waals surface area (Å²) in [7, 11) is 0. The highest BCUT2D eigenvalue weighted by Crippen LogP contribution is 2.26. The van der Waals surface area contributed by atoms with Gasteiger partial charge in [0.05, 0.1) is 11.2 Å². The Morgan fingerprint density at radius 1 is 1.27 bits per heavy atom. The van der Waals surface area contributed by atoms with E-state index < -0.39 is 0 Å². The Balaban J connectivity index is 2.81. The van der Waals surface area contributed by atoms with Crippen molar-refractivity contribution in [1.82, 2.24) is 9.97 Å². The largest absolute Gasteiger partial charge is 0.508 e. The molecule has 2 rings (SSSR count). The Labute approximate surface area is 96.3 Å². The van der Waals surface area contributed by atoms with Crippen LogP contribution in [0.25, 0.3) is 10.9 Å². The first-order chi connectivity index (χ1) is 7.08. The van der Waals surface area contributed by atoms with Crippen LogP contribution in [-0.4, -0.2) is 15.1 Å². The summed E-state index contributed by atoms with van der Waals surface area (Å²) in [6.07, 6.45) is 0. The van der Waals surface area contributed by atoms with Crippen LogP contribution in [0.3, 0.4) is 0 Å². The Hall–Kier alpha value is -1.16. The molecule has 1 heterocycles. The van der Waals surface area contributed by atoms with Crippen molar-refractivity contribution < 1.29 is 5.11 Å². The van der Waals surface area contributed by atoms with E-state index in [1.165, 1.54) is 0 Å². The number of benzene rings is 1. The van der Waals surface area contributed by atoms with Crippen molar-refractivity contribution in [2.75, 3.05) is 0 Å². The van der Waals surface area contributed by atoms with Crippen LogP contribution < -0.4 is 0 Å². The van der Waals surface area contributed by atoms with Gasteiger partial charge in [-0.15, -0.1) is 0 Å². The molecule has 0 fully saturated rings. The first kappa shape index (κ1) is 10.4. The minimum absolute atomic E-state index is 0.246. The molecular formula is C11H11BrN2O. The molecule has 0 unspecified atom stereocenters. The van der Waals surface area contributed by atoms with E-state index in [-0.39, 0.29) is 5.75 Å². The third-order valence-corrected chi connectivity index (χ3v) is 2.58. The van der Waals surface area contributed by atoms with Gasteiger partial charge in [-0.05, 0) is 40.0 Å². The number of aromatic hydroxyl groups is 1. The molecule has 0 aliphatic carbocycles. The second-order valence-corrected chi connectivity index (χ2v) is 4.44. The van der Waals surface area contributed by atoms with Crippen LogP contribution in [0.2, 0.25) is 0 Å². The van der Waals surface area contributed by atoms with Gasteiger partial charge < -0.3 is 5.11 Å². The normalized spacial score (nSPS) is 11.2. The summed E-state index contributed by atoms with van der Waals surface area (Å²) in [5.41, 5.74) is 1.79. The zero-order valence-corrected chi connectivity index (χ0v) is 10.1. The van der Waals surface area contributed by atoms with E-state index in [4.69, 9.17) is 0 Å². The number of phenolic OH excluding ortho intramolecular Hbond substituents is 1. The number of hydrogen-bond donors (Lipinski definition) is 1. The lowest BCUT2D eigenvalue weighted by Crippen LogP contribution is -1.97. The Bertz CT molecular complexity index is 511. The van der Waals surface area contributed by atoms with Crippen LogP contribution in [0, 0.1) is 0 Å². The maximum Gasteiger partial charge on any atom is 0.197 e. The Morgan fingerprint density at radius 2 is 2.00 bits per heavy atom. The Kier molecular flexibility index (Phi) is 2.61. The van der Waals surface area contributed by atoms with Crippen molar-refractivity contribution in [2.45, 2.75) is 19.8 Å². The van der Waals surface area contributed by atoms with E-state index in [9.17, 15) is 5.11 Å². The lowest BCUT2D eigenvalue weighted by Gasteiger charge is -2.09. The van der Waals surface area contributed by atoms with Crippen molar-refractivity contribution in [3.8, 4) is 5.75 Å². The lowest BCUT2D eigenvalue weighted by atomic mass is 10.0. The number of rotatable bonds is 1. The topological polar surface area (TPSA) is 46.0 Å². The van der Waals surface area contributed by atoms with Crippen LogP contribution in [0.4, 0.5) is 0 Å². The predicted octanol–water partition coefficient (Wildman–Crippen LogP) is 3.22. The van der Waals surface area contributed by atoms with Gasteiger partial charge in [-0.1, -0.05) is 13.8 Å². The van der Waals surface area contributed by atoms with Crippen LogP contribution in [0.15, 0.2) is 22.9 Å². The predicted molar refractivity (Wildman–Crippen MR) is 63.0 cm³/mol. The fourth-order valence-corrected chi connectivity index (χ4v) is 1.93. The average Bonchev–Trinajstić information content (AvgIpc) is 2.17. The molecule has 2 aromatic rings. The highest BCUT2D eigenvalue weighted by atomic mass is 79.9. The van der Waals surface area contributed by atoms with Gasteiger partial charge in [-0.3, -0.25) is 0 Å². The van der Waals surface area contributed by atoms with E-state index in [0.717, 1.165) is 16.6 Å². The summed E-state index contributed by atoms with van der Waals surface area (Å²) >= 11 is 3.29. The molecule has 1 aromatic carbocycles. The van der Waals surface area contributed by atoms with Crippen molar-refractivity contribution in [2.24, 2.45) is 0 Å². The first-order valence-corrected chi connectivity index (χ1v) is 5.53. The molecule has 3 nitrogen and oxygen atoms in total. The SMILES string of the molecule is CC(C)c1nc(Br)nc2ccc(O)cc12. The van der Waals surface area contributed by atoms with E-state index >= 15 is 0 Å². The zero-order chi connectivity index (χ0) is 11.0. The first-order valence-electron chi connectivity index (χ1n) is 4.74. The highest BCUT2D eigenvalue weighted by molar-refractivity contribution is 9.10. The van der Waals surface area contributed by atoms with E-state index in [0.29, 0.717) is 10.7 Å². The molecule has 1 aromatic heterocycles. The lowest BCUT2D eigenvalue weighted by molar-refractivity contribution is 0.476.